The predicted molar refractivity (Wildman–Crippen MR) is 96.2 cm³/mol. The van der Waals surface area contributed by atoms with E-state index in [-0.39, 0.29) is 5.91 Å². The standard InChI is InChI=1S/C20H21F3N2O2/c1-14(26)25(13-15-8-10-27-11-9-15)18-6-7-19(24-12-18)16-2-4-17(5-3-16)20(21,22)23/h2-7,12,15H,8-11,13H2,1H3. The number of hydrogen-bond acceptors (Lipinski definition) is 3. The minimum absolute atomic E-state index is 0.0643. The summed E-state index contributed by atoms with van der Waals surface area (Å²) in [4.78, 5) is 18.1. The van der Waals surface area contributed by atoms with E-state index in [4.69, 9.17) is 4.74 Å². The molecule has 7 heteroatoms. The molecule has 0 atom stereocenters. The second kappa shape index (κ2) is 8.08. The molecule has 2 aromatic rings. The van der Waals surface area contributed by atoms with E-state index in [0.717, 1.165) is 25.0 Å². The van der Waals surface area contributed by atoms with Crippen LogP contribution in [0, 0.1) is 5.92 Å². The van der Waals surface area contributed by atoms with Gasteiger partial charge in [0.15, 0.2) is 0 Å². The number of rotatable bonds is 4. The number of benzene rings is 1. The molecule has 0 spiro atoms. The first kappa shape index (κ1) is 19.4. The van der Waals surface area contributed by atoms with E-state index in [1.807, 2.05) is 0 Å². The quantitative estimate of drug-likeness (QED) is 0.784. The van der Waals surface area contributed by atoms with Gasteiger partial charge in [-0.3, -0.25) is 9.78 Å². The number of pyridine rings is 1. The molecular weight excluding hydrogens is 357 g/mol. The van der Waals surface area contributed by atoms with Crippen LogP contribution in [0.5, 0.6) is 0 Å². The Balaban J connectivity index is 1.75. The van der Waals surface area contributed by atoms with Crippen LogP contribution >= 0.6 is 0 Å². The molecule has 4 nitrogen and oxygen atoms in total. The van der Waals surface area contributed by atoms with Gasteiger partial charge in [0.05, 0.1) is 23.1 Å². The molecule has 0 saturated carbocycles. The third-order valence-corrected chi connectivity index (χ3v) is 4.73. The maximum absolute atomic E-state index is 12.7. The molecule has 0 unspecified atom stereocenters. The zero-order valence-electron chi connectivity index (χ0n) is 15.0. The Kier molecular flexibility index (Phi) is 5.79. The van der Waals surface area contributed by atoms with Gasteiger partial charge in [0.1, 0.15) is 0 Å². The second-order valence-corrected chi connectivity index (χ2v) is 6.66. The van der Waals surface area contributed by atoms with Crippen molar-refractivity contribution in [1.82, 2.24) is 4.98 Å². The minimum atomic E-state index is -4.36. The van der Waals surface area contributed by atoms with E-state index in [1.165, 1.54) is 19.1 Å². The lowest BCUT2D eigenvalue weighted by atomic mass is 9.99. The molecule has 1 aliphatic heterocycles. The third kappa shape index (κ3) is 4.86. The van der Waals surface area contributed by atoms with Crippen LogP contribution in [0.25, 0.3) is 11.3 Å². The van der Waals surface area contributed by atoms with Gasteiger partial charge in [0, 0.05) is 32.2 Å². The fraction of sp³-hybridized carbons (Fsp3) is 0.400. The Labute approximate surface area is 156 Å². The molecule has 0 radical (unpaired) electrons. The maximum Gasteiger partial charge on any atom is 0.416 e. The van der Waals surface area contributed by atoms with Crippen LogP contribution in [0.1, 0.15) is 25.3 Å². The van der Waals surface area contributed by atoms with Crippen LogP contribution in [0.4, 0.5) is 18.9 Å². The van der Waals surface area contributed by atoms with Gasteiger partial charge in [0.25, 0.3) is 0 Å². The molecule has 1 aromatic carbocycles. The second-order valence-electron chi connectivity index (χ2n) is 6.66. The molecule has 27 heavy (non-hydrogen) atoms. The highest BCUT2D eigenvalue weighted by molar-refractivity contribution is 5.91. The summed E-state index contributed by atoms with van der Waals surface area (Å²) in [6.07, 6.45) is -0.933. The summed E-state index contributed by atoms with van der Waals surface area (Å²) in [7, 11) is 0. The SMILES string of the molecule is CC(=O)N(CC1CCOCC1)c1ccc(-c2ccc(C(F)(F)F)cc2)nc1. The summed E-state index contributed by atoms with van der Waals surface area (Å²) in [5, 5.41) is 0. The lowest BCUT2D eigenvalue weighted by molar-refractivity contribution is -0.137. The van der Waals surface area contributed by atoms with Gasteiger partial charge in [-0.2, -0.15) is 13.2 Å². The van der Waals surface area contributed by atoms with Crippen LogP contribution in [-0.4, -0.2) is 30.6 Å². The van der Waals surface area contributed by atoms with Crippen LogP contribution < -0.4 is 4.90 Å². The van der Waals surface area contributed by atoms with Crippen molar-refractivity contribution in [2.75, 3.05) is 24.7 Å². The first-order chi connectivity index (χ1) is 12.8. The van der Waals surface area contributed by atoms with E-state index in [0.29, 0.717) is 42.6 Å². The van der Waals surface area contributed by atoms with Gasteiger partial charge in [-0.1, -0.05) is 12.1 Å². The van der Waals surface area contributed by atoms with E-state index >= 15 is 0 Å². The lowest BCUT2D eigenvalue weighted by Gasteiger charge is -2.29. The molecule has 1 aromatic heterocycles. The van der Waals surface area contributed by atoms with Crippen molar-refractivity contribution in [3.05, 3.63) is 48.2 Å². The highest BCUT2D eigenvalue weighted by Crippen LogP contribution is 2.31. The molecule has 144 valence electrons. The predicted octanol–water partition coefficient (Wildman–Crippen LogP) is 4.55. The van der Waals surface area contributed by atoms with Crippen molar-refractivity contribution < 1.29 is 22.7 Å². The molecule has 1 amide bonds. The van der Waals surface area contributed by atoms with E-state index in [2.05, 4.69) is 4.98 Å². The monoisotopic (exact) mass is 378 g/mol. The Morgan fingerprint density at radius 2 is 1.81 bits per heavy atom. The highest BCUT2D eigenvalue weighted by atomic mass is 19.4. The average molecular weight is 378 g/mol. The van der Waals surface area contributed by atoms with Gasteiger partial charge in [-0.15, -0.1) is 0 Å². The van der Waals surface area contributed by atoms with Crippen molar-refractivity contribution in [3.63, 3.8) is 0 Å². The van der Waals surface area contributed by atoms with Crippen molar-refractivity contribution >= 4 is 11.6 Å². The molecule has 3 rings (SSSR count). The molecule has 0 N–H and O–H groups in total. The Hall–Kier alpha value is -2.41. The first-order valence-electron chi connectivity index (χ1n) is 8.84. The van der Waals surface area contributed by atoms with Crippen LogP contribution in [0.2, 0.25) is 0 Å². The average Bonchev–Trinajstić information content (AvgIpc) is 2.66. The van der Waals surface area contributed by atoms with Crippen molar-refractivity contribution in [2.24, 2.45) is 5.92 Å². The normalized spacial score (nSPS) is 15.6. The van der Waals surface area contributed by atoms with E-state index < -0.39 is 11.7 Å². The summed E-state index contributed by atoms with van der Waals surface area (Å²) in [6.45, 7) is 3.55. The van der Waals surface area contributed by atoms with Crippen molar-refractivity contribution in [2.45, 2.75) is 25.9 Å². The molecule has 1 saturated heterocycles. The molecule has 0 bridgehead atoms. The zero-order valence-corrected chi connectivity index (χ0v) is 15.0. The van der Waals surface area contributed by atoms with Gasteiger partial charge in [0.2, 0.25) is 5.91 Å². The summed E-state index contributed by atoms with van der Waals surface area (Å²) in [6, 6.07) is 8.37. The lowest BCUT2D eigenvalue weighted by Crippen LogP contribution is -2.35. The van der Waals surface area contributed by atoms with E-state index in [9.17, 15) is 18.0 Å². The Bertz CT molecular complexity index is 767. The number of carbonyl (C=O) groups is 1. The topological polar surface area (TPSA) is 42.4 Å². The zero-order chi connectivity index (χ0) is 19.4. The number of ether oxygens (including phenoxy) is 1. The molecular formula is C20H21F3N2O2. The van der Waals surface area contributed by atoms with E-state index in [1.54, 1.807) is 23.2 Å². The first-order valence-corrected chi connectivity index (χ1v) is 8.84. The van der Waals surface area contributed by atoms with Crippen molar-refractivity contribution in [3.8, 4) is 11.3 Å². The van der Waals surface area contributed by atoms with Crippen LogP contribution in [0.15, 0.2) is 42.6 Å². The van der Waals surface area contributed by atoms with Gasteiger partial charge in [-0.25, -0.2) is 0 Å². The van der Waals surface area contributed by atoms with Gasteiger partial charge in [-0.05, 0) is 43.0 Å². The van der Waals surface area contributed by atoms with Gasteiger partial charge < -0.3 is 9.64 Å². The molecule has 0 aliphatic carbocycles. The number of carbonyl (C=O) groups excluding carboxylic acids is 1. The van der Waals surface area contributed by atoms with Gasteiger partial charge >= 0.3 is 6.18 Å². The number of hydrogen-bond donors (Lipinski definition) is 0. The Morgan fingerprint density at radius 1 is 1.15 bits per heavy atom. The van der Waals surface area contributed by atoms with Crippen LogP contribution in [0.3, 0.4) is 0 Å². The maximum atomic E-state index is 12.7. The molecule has 2 heterocycles. The number of nitrogens with zero attached hydrogens (tertiary/aromatic N) is 2. The largest absolute Gasteiger partial charge is 0.416 e. The summed E-state index contributed by atoms with van der Waals surface area (Å²) in [5.41, 5.74) is 1.14. The summed E-state index contributed by atoms with van der Waals surface area (Å²) < 4.78 is 43.4. The van der Waals surface area contributed by atoms with Crippen LogP contribution in [-0.2, 0) is 15.7 Å². The Morgan fingerprint density at radius 3 is 2.33 bits per heavy atom. The summed E-state index contributed by atoms with van der Waals surface area (Å²) >= 11 is 0. The number of alkyl halides is 3. The summed E-state index contributed by atoms with van der Waals surface area (Å²) in [5.74, 6) is 0.322. The highest BCUT2D eigenvalue weighted by Gasteiger charge is 2.30. The fourth-order valence-electron chi connectivity index (χ4n) is 3.15. The molecule has 1 aliphatic rings. The number of halogens is 3. The number of aromatic nitrogens is 1. The fourth-order valence-corrected chi connectivity index (χ4v) is 3.15. The smallest absolute Gasteiger partial charge is 0.381 e. The number of amides is 1. The van der Waals surface area contributed by atoms with Crippen molar-refractivity contribution in [1.29, 1.82) is 0 Å². The third-order valence-electron chi connectivity index (χ3n) is 4.73. The minimum Gasteiger partial charge on any atom is -0.381 e. The number of anilines is 1. The molecule has 1 fully saturated rings.